The number of aryl methyl sites for hydroxylation is 2. The van der Waals surface area contributed by atoms with Gasteiger partial charge < -0.3 is 15.3 Å². The van der Waals surface area contributed by atoms with Gasteiger partial charge in [0, 0.05) is 13.0 Å². The van der Waals surface area contributed by atoms with Crippen LogP contribution in [0.3, 0.4) is 0 Å². The molecule has 0 bridgehead atoms. The maximum Gasteiger partial charge on any atom is 0.243 e. The summed E-state index contributed by atoms with van der Waals surface area (Å²) in [6.07, 6.45) is -0.543. The Balaban J connectivity index is 1.50. The molecule has 10 heteroatoms. The van der Waals surface area contributed by atoms with Crippen molar-refractivity contribution in [2.45, 2.75) is 72.1 Å². The third kappa shape index (κ3) is 5.50. The number of carbonyl (C=O) groups excluding carboxylic acids is 2. The van der Waals surface area contributed by atoms with E-state index in [4.69, 9.17) is 0 Å². The summed E-state index contributed by atoms with van der Waals surface area (Å²) in [5.41, 5.74) is 4.45. The van der Waals surface area contributed by atoms with Crippen LogP contribution in [0.4, 0.5) is 0 Å². The highest BCUT2D eigenvalue weighted by Gasteiger charge is 2.45. The normalized spacial score (nSPS) is 19.8. The van der Waals surface area contributed by atoms with E-state index in [1.54, 1.807) is 18.3 Å². The fraction of sp³-hybridized carbons (Fsp3) is 0.500. The summed E-state index contributed by atoms with van der Waals surface area (Å²) < 4.78 is 4.26. The topological polar surface area (TPSA) is 108 Å². The van der Waals surface area contributed by atoms with E-state index in [1.165, 1.54) is 16.4 Å². The Hall–Kier alpha value is -2.69. The smallest absolute Gasteiger partial charge is 0.243 e. The number of hydrogen-bond donors (Lipinski definition) is 2. The molecule has 1 aliphatic heterocycles. The Morgan fingerprint density at radius 3 is 2.44 bits per heavy atom. The van der Waals surface area contributed by atoms with E-state index >= 15 is 0 Å². The predicted octanol–water partition coefficient (Wildman–Crippen LogP) is 4.25. The number of likely N-dealkylation sites (tertiary alicyclic amines) is 1. The van der Waals surface area contributed by atoms with Crippen LogP contribution in [0.1, 0.15) is 68.2 Å². The monoisotopic (exact) mass is 527 g/mol. The van der Waals surface area contributed by atoms with Crippen LogP contribution >= 0.6 is 22.9 Å². The number of carbonyl (C=O) groups is 2. The van der Waals surface area contributed by atoms with E-state index in [-0.39, 0.29) is 30.8 Å². The molecule has 0 unspecified atom stereocenters. The lowest BCUT2D eigenvalue weighted by Gasteiger charge is -2.34. The summed E-state index contributed by atoms with van der Waals surface area (Å²) in [5.74, 6) is -0.397. The molecule has 0 radical (unpaired) electrons. The Kier molecular flexibility index (Phi) is 7.59. The van der Waals surface area contributed by atoms with E-state index < -0.39 is 23.5 Å². The molecule has 3 heterocycles. The number of nitrogens with one attached hydrogen (secondary N) is 1. The highest BCUT2D eigenvalue weighted by Crippen LogP contribution is 2.39. The first-order valence-corrected chi connectivity index (χ1v) is 13.7. The molecule has 8 nitrogen and oxygen atoms in total. The molecular weight excluding hydrogens is 494 g/mol. The molecule has 0 saturated carbocycles. The minimum atomic E-state index is -0.751. The van der Waals surface area contributed by atoms with Crippen molar-refractivity contribution in [1.29, 1.82) is 0 Å². The van der Waals surface area contributed by atoms with E-state index in [9.17, 15) is 14.7 Å². The van der Waals surface area contributed by atoms with Crippen molar-refractivity contribution >= 4 is 34.7 Å². The Labute approximate surface area is 220 Å². The van der Waals surface area contributed by atoms with Gasteiger partial charge in [0.05, 0.1) is 34.1 Å². The first-order valence-electron chi connectivity index (χ1n) is 12.0. The lowest BCUT2D eigenvalue weighted by molar-refractivity contribution is -0.141. The van der Waals surface area contributed by atoms with Crippen LogP contribution in [0.5, 0.6) is 0 Å². The standard InChI is InChI=1S/C26H33N5O3S2/c1-14(17-7-9-18(10-8-17)22-15(2)27-13-35-22)28-23(33)20-11-19(32)12-31(20)25(34)21(26(4,5)6)24-29-16(3)30-36-24/h7-10,13-14,19-21,32H,11-12H2,1-6H3,(H,28,33)/t14-,19+,20-,21+/m0/s1. The highest BCUT2D eigenvalue weighted by molar-refractivity contribution is 7.13. The van der Waals surface area contributed by atoms with Gasteiger partial charge in [-0.25, -0.2) is 9.97 Å². The van der Waals surface area contributed by atoms with E-state index in [0.717, 1.165) is 21.7 Å². The summed E-state index contributed by atoms with van der Waals surface area (Å²) in [4.78, 5) is 38.6. The van der Waals surface area contributed by atoms with Gasteiger partial charge in [-0.3, -0.25) is 9.59 Å². The maximum absolute atomic E-state index is 13.8. The van der Waals surface area contributed by atoms with Crippen molar-refractivity contribution in [3.63, 3.8) is 0 Å². The first-order chi connectivity index (χ1) is 17.0. The Morgan fingerprint density at radius 2 is 1.89 bits per heavy atom. The van der Waals surface area contributed by atoms with Crippen LogP contribution in [0.25, 0.3) is 10.4 Å². The number of aliphatic hydroxyl groups excluding tert-OH is 1. The second kappa shape index (κ2) is 10.4. The number of aromatic nitrogens is 3. The number of benzene rings is 1. The fourth-order valence-corrected chi connectivity index (χ4v) is 6.45. The summed E-state index contributed by atoms with van der Waals surface area (Å²) >= 11 is 2.82. The third-order valence-corrected chi connectivity index (χ3v) is 8.39. The minimum absolute atomic E-state index is 0.124. The number of rotatable bonds is 6. The van der Waals surface area contributed by atoms with E-state index in [1.807, 2.05) is 64.4 Å². The molecule has 1 aromatic carbocycles. The fourth-order valence-electron chi connectivity index (χ4n) is 4.64. The average molecular weight is 528 g/mol. The van der Waals surface area contributed by atoms with Gasteiger partial charge in [-0.1, -0.05) is 45.0 Å². The molecule has 2 aromatic heterocycles. The summed E-state index contributed by atoms with van der Waals surface area (Å²) in [5, 5.41) is 14.1. The lowest BCUT2D eigenvalue weighted by atomic mass is 9.80. The van der Waals surface area contributed by atoms with Crippen molar-refractivity contribution in [1.82, 2.24) is 24.6 Å². The molecule has 4 atom stereocenters. The van der Waals surface area contributed by atoms with Crippen LogP contribution in [0.15, 0.2) is 29.8 Å². The molecule has 192 valence electrons. The lowest BCUT2D eigenvalue weighted by Crippen LogP contribution is -2.49. The maximum atomic E-state index is 13.8. The largest absolute Gasteiger partial charge is 0.391 e. The molecule has 0 aliphatic carbocycles. The van der Waals surface area contributed by atoms with E-state index in [0.29, 0.717) is 10.8 Å². The molecule has 0 spiro atoms. The van der Waals surface area contributed by atoms with Crippen molar-refractivity contribution in [3.8, 4) is 10.4 Å². The predicted molar refractivity (Wildman–Crippen MR) is 142 cm³/mol. The molecular formula is C26H33N5O3S2. The summed E-state index contributed by atoms with van der Waals surface area (Å²) in [6.45, 7) is 11.8. The summed E-state index contributed by atoms with van der Waals surface area (Å²) in [6, 6.07) is 7.07. The van der Waals surface area contributed by atoms with Crippen molar-refractivity contribution in [2.24, 2.45) is 5.41 Å². The van der Waals surface area contributed by atoms with Gasteiger partial charge in [0.1, 0.15) is 16.9 Å². The number of nitrogens with zero attached hydrogens (tertiary/aromatic N) is 4. The molecule has 1 fully saturated rings. The third-order valence-electron chi connectivity index (χ3n) is 6.55. The molecule has 1 saturated heterocycles. The second-order valence-electron chi connectivity index (χ2n) is 10.5. The van der Waals surface area contributed by atoms with Crippen molar-refractivity contribution < 1.29 is 14.7 Å². The number of amides is 2. The number of β-amino-alcohol motifs (C(OH)–C–C–N with tert-alkyl or cyclic N) is 1. The van der Waals surface area contributed by atoms with E-state index in [2.05, 4.69) is 19.7 Å². The van der Waals surface area contributed by atoms with Gasteiger partial charge >= 0.3 is 0 Å². The number of aliphatic hydroxyl groups is 1. The first kappa shape index (κ1) is 26.4. The Bertz CT molecular complexity index is 1230. The average Bonchev–Trinajstić information content (AvgIpc) is 3.53. The van der Waals surface area contributed by atoms with Gasteiger partial charge in [-0.05, 0) is 48.8 Å². The molecule has 1 aliphatic rings. The van der Waals surface area contributed by atoms with Gasteiger partial charge in [-0.2, -0.15) is 4.37 Å². The zero-order chi connectivity index (χ0) is 26.2. The zero-order valence-electron chi connectivity index (χ0n) is 21.5. The van der Waals surface area contributed by atoms with Gasteiger partial charge in [0.25, 0.3) is 0 Å². The molecule has 2 amide bonds. The Morgan fingerprint density at radius 1 is 1.19 bits per heavy atom. The summed E-state index contributed by atoms with van der Waals surface area (Å²) in [7, 11) is 0. The van der Waals surface area contributed by atoms with Gasteiger partial charge in [0.2, 0.25) is 11.8 Å². The molecule has 2 N–H and O–H groups in total. The molecule has 4 rings (SSSR count). The van der Waals surface area contributed by atoms with Crippen LogP contribution in [-0.4, -0.2) is 54.9 Å². The SMILES string of the molecule is Cc1nsc([C@H](C(=O)N2C[C@H](O)C[C@H]2C(=O)N[C@@H](C)c2ccc(-c3scnc3C)cc2)C(C)(C)C)n1. The van der Waals surface area contributed by atoms with Crippen molar-refractivity contribution in [3.05, 3.63) is 51.9 Å². The second-order valence-corrected chi connectivity index (χ2v) is 12.1. The number of thiazole rings is 1. The number of hydrogen-bond acceptors (Lipinski definition) is 8. The minimum Gasteiger partial charge on any atom is -0.391 e. The van der Waals surface area contributed by atoms with Crippen LogP contribution < -0.4 is 5.32 Å². The highest BCUT2D eigenvalue weighted by atomic mass is 32.1. The molecule has 36 heavy (non-hydrogen) atoms. The quantitative estimate of drug-likeness (QED) is 0.496. The van der Waals surface area contributed by atoms with Crippen LogP contribution in [0.2, 0.25) is 0 Å². The van der Waals surface area contributed by atoms with Crippen LogP contribution in [0, 0.1) is 19.3 Å². The van der Waals surface area contributed by atoms with Crippen LogP contribution in [-0.2, 0) is 9.59 Å². The molecule has 3 aromatic rings. The van der Waals surface area contributed by atoms with Crippen molar-refractivity contribution in [2.75, 3.05) is 6.54 Å². The van der Waals surface area contributed by atoms with Gasteiger partial charge in [0.15, 0.2) is 0 Å². The van der Waals surface area contributed by atoms with Gasteiger partial charge in [-0.15, -0.1) is 11.3 Å². The zero-order valence-corrected chi connectivity index (χ0v) is 23.1.